The molecule has 4 N–H and O–H groups in total. The average molecular weight is 427 g/mol. The van der Waals surface area contributed by atoms with Crippen LogP contribution in [0.4, 0.5) is 4.79 Å². The summed E-state index contributed by atoms with van der Waals surface area (Å²) in [6.07, 6.45) is 5.18. The predicted molar refractivity (Wildman–Crippen MR) is 99.0 cm³/mol. The van der Waals surface area contributed by atoms with Crippen LogP contribution >= 0.6 is 0 Å². The van der Waals surface area contributed by atoms with Gasteiger partial charge in [-0.3, -0.25) is 19.1 Å². The lowest BCUT2D eigenvalue weighted by Gasteiger charge is -2.27. The van der Waals surface area contributed by atoms with Gasteiger partial charge in [0.05, 0.1) is 6.54 Å². The maximum Gasteiger partial charge on any atom is 0.418 e. The van der Waals surface area contributed by atoms with Gasteiger partial charge in [-0.15, -0.1) is 4.28 Å². The number of aromatic nitrogens is 1. The summed E-state index contributed by atoms with van der Waals surface area (Å²) in [6, 6.07) is 2.95. The molecule has 158 valence electrons. The normalized spacial score (nSPS) is 20.5. The standard InChI is InChI=1S/C11H16N4O7S.C5H5N/c1-6(16)13-3-2-7-4-8(10(12)17)14-5-9(7)15(11(14)18)22-23(19,20)21;1-2-4-6-5-3-1/h4,8-9H,2-3,5H2,1H3,(H2,12,17)(H,13,16)(H,19,20,21);1-5H/t8-,9-;/m0./s1. The van der Waals surface area contributed by atoms with Gasteiger partial charge in [0.1, 0.15) is 12.1 Å². The molecule has 1 aromatic heterocycles. The number of hydrogen-bond acceptors (Lipinski definition) is 7. The molecular formula is C16H21N5O7S. The van der Waals surface area contributed by atoms with E-state index in [0.29, 0.717) is 10.6 Å². The summed E-state index contributed by atoms with van der Waals surface area (Å²) in [5.74, 6) is -1.05. The molecular weight excluding hydrogens is 406 g/mol. The van der Waals surface area contributed by atoms with E-state index in [0.717, 1.165) is 4.90 Å². The van der Waals surface area contributed by atoms with Crippen molar-refractivity contribution < 1.29 is 31.6 Å². The Bertz CT molecular complexity index is 863. The second kappa shape index (κ2) is 9.45. The lowest BCUT2D eigenvalue weighted by molar-refractivity contribution is -0.121. The van der Waals surface area contributed by atoms with Crippen molar-refractivity contribution in [2.45, 2.75) is 25.4 Å². The number of nitrogens with zero attached hydrogens (tertiary/aromatic N) is 3. The van der Waals surface area contributed by atoms with Gasteiger partial charge in [-0.25, -0.2) is 4.79 Å². The molecule has 13 heteroatoms. The van der Waals surface area contributed by atoms with E-state index in [2.05, 4.69) is 14.6 Å². The number of hydrogen-bond donors (Lipinski definition) is 3. The number of carbonyl (C=O) groups excluding carboxylic acids is 3. The van der Waals surface area contributed by atoms with Gasteiger partial charge < -0.3 is 16.0 Å². The number of rotatable bonds is 6. The number of hydroxylamine groups is 2. The number of urea groups is 1. The van der Waals surface area contributed by atoms with E-state index in [1.807, 2.05) is 18.2 Å². The van der Waals surface area contributed by atoms with E-state index in [1.54, 1.807) is 12.4 Å². The third-order valence-electron chi connectivity index (χ3n) is 4.04. The Balaban J connectivity index is 0.000000426. The van der Waals surface area contributed by atoms with Crippen molar-refractivity contribution in [3.05, 3.63) is 42.2 Å². The van der Waals surface area contributed by atoms with E-state index < -0.39 is 34.4 Å². The molecule has 3 heterocycles. The smallest absolute Gasteiger partial charge is 0.368 e. The molecule has 0 saturated carbocycles. The first-order valence-electron chi connectivity index (χ1n) is 8.46. The monoisotopic (exact) mass is 427 g/mol. The number of nitrogens with one attached hydrogen (secondary N) is 1. The van der Waals surface area contributed by atoms with Crippen LogP contribution in [0.1, 0.15) is 13.3 Å². The molecule has 0 unspecified atom stereocenters. The van der Waals surface area contributed by atoms with E-state index in [9.17, 15) is 22.8 Å². The molecule has 1 fully saturated rings. The first-order valence-corrected chi connectivity index (χ1v) is 9.83. The molecule has 4 amide bonds. The maximum absolute atomic E-state index is 12.1. The Morgan fingerprint density at radius 2 is 2.00 bits per heavy atom. The minimum Gasteiger partial charge on any atom is -0.368 e. The highest BCUT2D eigenvalue weighted by atomic mass is 32.3. The molecule has 0 aliphatic carbocycles. The van der Waals surface area contributed by atoms with Crippen LogP contribution in [0, 0.1) is 0 Å². The molecule has 0 aromatic carbocycles. The molecule has 1 saturated heterocycles. The van der Waals surface area contributed by atoms with Gasteiger partial charge >= 0.3 is 16.4 Å². The van der Waals surface area contributed by atoms with Crippen LogP contribution in [0.25, 0.3) is 0 Å². The second-order valence-electron chi connectivity index (χ2n) is 6.13. The SMILES string of the molecule is CC(=O)NCCC1=C[C@@H](C(N)=O)N2C[C@@H]1N(OS(=O)(=O)O)C2=O.c1ccncc1. The van der Waals surface area contributed by atoms with Gasteiger partial charge in [0.15, 0.2) is 0 Å². The fourth-order valence-corrected chi connectivity index (χ4v) is 3.24. The Morgan fingerprint density at radius 3 is 2.45 bits per heavy atom. The number of nitrogens with two attached hydrogens (primary N) is 1. The van der Waals surface area contributed by atoms with Crippen molar-refractivity contribution in [1.82, 2.24) is 20.3 Å². The van der Waals surface area contributed by atoms with Gasteiger partial charge in [0, 0.05) is 25.9 Å². The minimum absolute atomic E-state index is 0.0200. The molecule has 12 nitrogen and oxygen atoms in total. The number of primary amides is 1. The average Bonchev–Trinajstić information content (AvgIpc) is 2.90. The maximum atomic E-state index is 12.1. The third kappa shape index (κ3) is 6.23. The van der Waals surface area contributed by atoms with Crippen molar-refractivity contribution in [3.63, 3.8) is 0 Å². The van der Waals surface area contributed by atoms with Crippen LogP contribution < -0.4 is 11.1 Å². The quantitative estimate of drug-likeness (QED) is 0.392. The fraction of sp³-hybridized carbons (Fsp3) is 0.375. The Hall–Kier alpha value is -3.03. The first kappa shape index (κ1) is 22.3. The summed E-state index contributed by atoms with van der Waals surface area (Å²) in [6.45, 7) is 1.53. The van der Waals surface area contributed by atoms with Crippen LogP contribution in [0.2, 0.25) is 0 Å². The van der Waals surface area contributed by atoms with Crippen molar-refractivity contribution >= 4 is 28.2 Å². The lowest BCUT2D eigenvalue weighted by atomic mass is 9.97. The largest absolute Gasteiger partial charge is 0.418 e. The van der Waals surface area contributed by atoms with Crippen molar-refractivity contribution in [2.75, 3.05) is 13.1 Å². The number of amides is 4. The van der Waals surface area contributed by atoms with Gasteiger partial charge in [-0.05, 0) is 24.1 Å². The van der Waals surface area contributed by atoms with Gasteiger partial charge in [0.25, 0.3) is 0 Å². The second-order valence-corrected chi connectivity index (χ2v) is 7.13. The van der Waals surface area contributed by atoms with Crippen molar-refractivity contribution in [3.8, 4) is 0 Å². The van der Waals surface area contributed by atoms with Crippen LogP contribution in [0.5, 0.6) is 0 Å². The summed E-state index contributed by atoms with van der Waals surface area (Å²) < 4.78 is 34.9. The third-order valence-corrected chi connectivity index (χ3v) is 4.39. The molecule has 2 bridgehead atoms. The zero-order valence-electron chi connectivity index (χ0n) is 15.5. The molecule has 2 atom stereocenters. The highest BCUT2D eigenvalue weighted by Gasteiger charge is 2.49. The lowest BCUT2D eigenvalue weighted by Crippen LogP contribution is -2.46. The van der Waals surface area contributed by atoms with E-state index in [4.69, 9.17) is 10.3 Å². The number of fused-ring (bicyclic) bond motifs is 2. The minimum atomic E-state index is -4.91. The molecule has 1 aromatic rings. The Kier molecular flexibility index (Phi) is 7.25. The summed E-state index contributed by atoms with van der Waals surface area (Å²) in [7, 11) is -4.91. The highest BCUT2D eigenvalue weighted by molar-refractivity contribution is 7.80. The van der Waals surface area contributed by atoms with Crippen LogP contribution in [0.3, 0.4) is 0 Å². The summed E-state index contributed by atoms with van der Waals surface area (Å²) in [4.78, 5) is 39.4. The molecule has 2 aliphatic heterocycles. The zero-order valence-corrected chi connectivity index (χ0v) is 16.3. The Morgan fingerprint density at radius 1 is 1.34 bits per heavy atom. The van der Waals surface area contributed by atoms with E-state index in [-0.39, 0.29) is 25.4 Å². The molecule has 0 spiro atoms. The van der Waals surface area contributed by atoms with E-state index in [1.165, 1.54) is 13.0 Å². The molecule has 0 radical (unpaired) electrons. The topological polar surface area (TPSA) is 172 Å². The molecule has 29 heavy (non-hydrogen) atoms. The van der Waals surface area contributed by atoms with Crippen LogP contribution in [-0.2, 0) is 24.3 Å². The van der Waals surface area contributed by atoms with Gasteiger partial charge in [0.2, 0.25) is 11.8 Å². The zero-order chi connectivity index (χ0) is 21.6. The van der Waals surface area contributed by atoms with Gasteiger partial charge in [-0.1, -0.05) is 12.1 Å². The highest BCUT2D eigenvalue weighted by Crippen LogP contribution is 2.32. The van der Waals surface area contributed by atoms with Crippen LogP contribution in [0.15, 0.2) is 42.2 Å². The fourth-order valence-electron chi connectivity index (χ4n) is 2.87. The summed E-state index contributed by atoms with van der Waals surface area (Å²) in [5, 5.41) is 3.03. The summed E-state index contributed by atoms with van der Waals surface area (Å²) >= 11 is 0. The van der Waals surface area contributed by atoms with Crippen molar-refractivity contribution in [2.24, 2.45) is 5.73 Å². The molecule has 3 rings (SSSR count). The van der Waals surface area contributed by atoms with Gasteiger partial charge in [-0.2, -0.15) is 13.5 Å². The Labute approximate surface area is 167 Å². The summed E-state index contributed by atoms with van der Waals surface area (Å²) in [5.41, 5.74) is 5.75. The molecule has 2 aliphatic rings. The van der Waals surface area contributed by atoms with E-state index >= 15 is 0 Å². The number of carbonyl (C=O) groups is 3. The number of pyridine rings is 1. The van der Waals surface area contributed by atoms with Crippen molar-refractivity contribution in [1.29, 1.82) is 0 Å². The first-order chi connectivity index (χ1) is 13.6. The predicted octanol–water partition coefficient (Wildman–Crippen LogP) is -0.771. The van der Waals surface area contributed by atoms with Crippen LogP contribution in [-0.4, -0.2) is 70.9 Å².